The highest BCUT2D eigenvalue weighted by Crippen LogP contribution is 1.88. The predicted molar refractivity (Wildman–Crippen MR) is 26.4 cm³/mol. The van der Waals surface area contributed by atoms with Crippen LogP contribution in [0.25, 0.3) is 0 Å². The Morgan fingerprint density at radius 2 is 1.33 bits per heavy atom. The summed E-state index contributed by atoms with van der Waals surface area (Å²) >= 11 is 0. The first-order valence-corrected chi connectivity index (χ1v) is 1.93. The van der Waals surface area contributed by atoms with Crippen LogP contribution < -0.4 is 11.5 Å². The van der Waals surface area contributed by atoms with E-state index in [1.807, 2.05) is 0 Å². The third-order valence-electron chi connectivity index (χ3n) is 0.708. The number of rotatable bonds is 2. The molecule has 6 N–H and O–H groups in total. The molecule has 0 heterocycles. The molecule has 0 amide bonds. The molecule has 0 aliphatic carbocycles. The highest BCUT2D eigenvalue weighted by Gasteiger charge is 2.37. The predicted octanol–water partition coefficient (Wildman–Crippen LogP) is -2.23. The minimum Gasteiger partial charge on any atom is -0.478 e. The second kappa shape index (κ2) is 2.00. The van der Waals surface area contributed by atoms with Gasteiger partial charge in [0.2, 0.25) is 0 Å². The van der Waals surface area contributed by atoms with E-state index in [1.165, 1.54) is 0 Å². The van der Waals surface area contributed by atoms with E-state index in [0.717, 1.165) is 0 Å². The summed E-state index contributed by atoms with van der Waals surface area (Å²) in [5, 5.41) is 16.0. The lowest BCUT2D eigenvalue weighted by atomic mass is 10.2. The maximum absolute atomic E-state index is 9.83. The smallest absolute Gasteiger partial charge is 0.350 e. The summed E-state index contributed by atoms with van der Waals surface area (Å²) < 4.78 is 0. The lowest BCUT2D eigenvalue weighted by molar-refractivity contribution is -0.156. The fraction of sp³-hybridized carbons (Fsp3) is 0.333. The number of hydrogen-bond donors (Lipinski definition) is 4. The first-order chi connectivity index (χ1) is 3.89. The molecule has 52 valence electrons. The summed E-state index contributed by atoms with van der Waals surface area (Å²) in [5.74, 6) is -3.54. The quantitative estimate of drug-likeness (QED) is 0.250. The Morgan fingerprint density at radius 3 is 1.33 bits per heavy atom. The topological polar surface area (TPSA) is 127 Å². The van der Waals surface area contributed by atoms with Gasteiger partial charge in [0.05, 0.1) is 0 Å². The van der Waals surface area contributed by atoms with Crippen LogP contribution in [0.3, 0.4) is 0 Å². The number of nitrogens with two attached hydrogens (primary N) is 2. The van der Waals surface area contributed by atoms with E-state index in [4.69, 9.17) is 10.2 Å². The monoisotopic (exact) mass is 134 g/mol. The van der Waals surface area contributed by atoms with E-state index in [1.54, 1.807) is 0 Å². The Hall–Kier alpha value is -1.14. The third kappa shape index (κ3) is 1.37. The summed E-state index contributed by atoms with van der Waals surface area (Å²) in [4.78, 5) is 19.7. The SMILES string of the molecule is NC(N)(C(=O)O)C(=O)O. The van der Waals surface area contributed by atoms with Crippen LogP contribution in [0.4, 0.5) is 0 Å². The average molecular weight is 134 g/mol. The van der Waals surface area contributed by atoms with Crippen molar-refractivity contribution in [3.05, 3.63) is 0 Å². The fourth-order valence-corrected chi connectivity index (χ4v) is 0.0915. The van der Waals surface area contributed by atoms with Crippen molar-refractivity contribution >= 4 is 11.9 Å². The molecule has 0 saturated carbocycles. The molecule has 0 spiro atoms. The molecule has 0 rings (SSSR count). The second-order valence-corrected chi connectivity index (χ2v) is 1.48. The normalized spacial score (nSPS) is 10.9. The largest absolute Gasteiger partial charge is 0.478 e. The Morgan fingerprint density at radius 1 is 1.11 bits per heavy atom. The van der Waals surface area contributed by atoms with Gasteiger partial charge >= 0.3 is 11.9 Å². The van der Waals surface area contributed by atoms with Crippen LogP contribution in [0.2, 0.25) is 0 Å². The molecular formula is C3H6N2O4. The molecular weight excluding hydrogens is 128 g/mol. The van der Waals surface area contributed by atoms with Gasteiger partial charge in [-0.2, -0.15) is 0 Å². The van der Waals surface area contributed by atoms with Gasteiger partial charge in [0.25, 0.3) is 5.66 Å². The Bertz CT molecular complexity index is 136. The van der Waals surface area contributed by atoms with Gasteiger partial charge in [-0.15, -0.1) is 0 Å². The van der Waals surface area contributed by atoms with Gasteiger partial charge in [0, 0.05) is 0 Å². The number of carboxylic acid groups (broad SMARTS) is 2. The van der Waals surface area contributed by atoms with Crippen molar-refractivity contribution in [1.82, 2.24) is 0 Å². The molecule has 0 fully saturated rings. The van der Waals surface area contributed by atoms with Crippen molar-refractivity contribution in [2.45, 2.75) is 5.66 Å². The van der Waals surface area contributed by atoms with Crippen LogP contribution in [0.5, 0.6) is 0 Å². The van der Waals surface area contributed by atoms with E-state index in [0.29, 0.717) is 0 Å². The zero-order chi connectivity index (χ0) is 7.65. The van der Waals surface area contributed by atoms with Gasteiger partial charge in [0.15, 0.2) is 0 Å². The molecule has 0 atom stereocenters. The van der Waals surface area contributed by atoms with E-state index in [9.17, 15) is 9.59 Å². The lowest BCUT2D eigenvalue weighted by Crippen LogP contribution is -2.62. The van der Waals surface area contributed by atoms with E-state index in [-0.39, 0.29) is 0 Å². The second-order valence-electron chi connectivity index (χ2n) is 1.48. The molecule has 0 saturated heterocycles. The van der Waals surface area contributed by atoms with E-state index >= 15 is 0 Å². The maximum atomic E-state index is 9.83. The van der Waals surface area contributed by atoms with Crippen molar-refractivity contribution in [3.63, 3.8) is 0 Å². The van der Waals surface area contributed by atoms with Crippen molar-refractivity contribution < 1.29 is 19.8 Å². The molecule has 0 aliphatic heterocycles. The minimum absolute atomic E-state index is 1.77. The van der Waals surface area contributed by atoms with Gasteiger partial charge in [-0.1, -0.05) is 0 Å². The molecule has 6 nitrogen and oxygen atoms in total. The minimum atomic E-state index is -2.67. The Balaban J connectivity index is 4.38. The summed E-state index contributed by atoms with van der Waals surface area (Å²) in [6, 6.07) is 0. The van der Waals surface area contributed by atoms with Gasteiger partial charge in [0.1, 0.15) is 0 Å². The van der Waals surface area contributed by atoms with Gasteiger partial charge in [-0.3, -0.25) is 11.5 Å². The Kier molecular flexibility index (Phi) is 1.74. The highest BCUT2D eigenvalue weighted by molar-refractivity contribution is 6.01. The summed E-state index contributed by atoms with van der Waals surface area (Å²) in [6.07, 6.45) is 0. The van der Waals surface area contributed by atoms with Crippen molar-refractivity contribution in [1.29, 1.82) is 0 Å². The zero-order valence-electron chi connectivity index (χ0n) is 4.37. The van der Waals surface area contributed by atoms with Crippen LogP contribution in [0.1, 0.15) is 0 Å². The van der Waals surface area contributed by atoms with E-state index < -0.39 is 17.6 Å². The van der Waals surface area contributed by atoms with Crippen molar-refractivity contribution in [2.75, 3.05) is 0 Å². The summed E-state index contributed by atoms with van der Waals surface area (Å²) in [7, 11) is 0. The molecule has 0 radical (unpaired) electrons. The number of hydrogen-bond acceptors (Lipinski definition) is 4. The molecule has 0 bridgehead atoms. The molecule has 0 aliphatic rings. The number of carbonyl (C=O) groups is 2. The van der Waals surface area contributed by atoms with Crippen LogP contribution in [-0.2, 0) is 9.59 Å². The molecule has 0 aromatic rings. The molecule has 6 heteroatoms. The van der Waals surface area contributed by atoms with Crippen molar-refractivity contribution in [2.24, 2.45) is 11.5 Å². The van der Waals surface area contributed by atoms with Crippen LogP contribution in [0.15, 0.2) is 0 Å². The maximum Gasteiger partial charge on any atom is 0.350 e. The lowest BCUT2D eigenvalue weighted by Gasteiger charge is -2.11. The van der Waals surface area contributed by atoms with Crippen LogP contribution in [-0.4, -0.2) is 27.8 Å². The first kappa shape index (κ1) is 7.86. The van der Waals surface area contributed by atoms with Crippen molar-refractivity contribution in [3.8, 4) is 0 Å². The highest BCUT2D eigenvalue weighted by atomic mass is 16.4. The van der Waals surface area contributed by atoms with Crippen LogP contribution >= 0.6 is 0 Å². The fourth-order valence-electron chi connectivity index (χ4n) is 0.0915. The Labute approximate surface area is 50.1 Å². The average Bonchev–Trinajstić information content (AvgIpc) is 1.65. The number of aliphatic carboxylic acids is 2. The van der Waals surface area contributed by atoms with Gasteiger partial charge < -0.3 is 10.2 Å². The van der Waals surface area contributed by atoms with Gasteiger partial charge in [-0.05, 0) is 0 Å². The van der Waals surface area contributed by atoms with Crippen LogP contribution in [0, 0.1) is 0 Å². The molecule has 9 heavy (non-hydrogen) atoms. The molecule has 0 aromatic heterocycles. The van der Waals surface area contributed by atoms with Gasteiger partial charge in [-0.25, -0.2) is 9.59 Å². The third-order valence-corrected chi connectivity index (χ3v) is 0.708. The molecule has 0 aromatic carbocycles. The standard InChI is InChI=1S/C3H6N2O4/c4-3(5,1(6)7)2(8)9/h4-5H2,(H,6,7)(H,8,9). The summed E-state index contributed by atoms with van der Waals surface area (Å²) in [6.45, 7) is 0. The summed E-state index contributed by atoms with van der Waals surface area (Å²) in [5.41, 5.74) is 6.50. The van der Waals surface area contributed by atoms with E-state index in [2.05, 4.69) is 11.5 Å². The number of carboxylic acids is 2. The zero-order valence-corrected chi connectivity index (χ0v) is 4.37. The first-order valence-electron chi connectivity index (χ1n) is 1.93. The molecule has 0 unspecified atom stereocenters.